The molecule has 2 atom stereocenters. The van der Waals surface area contributed by atoms with Crippen molar-refractivity contribution in [3.63, 3.8) is 0 Å². The van der Waals surface area contributed by atoms with Crippen molar-refractivity contribution in [3.8, 4) is 0 Å². The van der Waals surface area contributed by atoms with Gasteiger partial charge in [-0.1, -0.05) is 0 Å². The first-order valence-corrected chi connectivity index (χ1v) is 6.90. The van der Waals surface area contributed by atoms with Crippen LogP contribution < -0.4 is 0 Å². The van der Waals surface area contributed by atoms with Crippen LogP contribution >= 0.6 is 0 Å². The number of likely N-dealkylation sites (N-methyl/N-ethyl adjacent to an activating group) is 1. The van der Waals surface area contributed by atoms with E-state index < -0.39 is 15.9 Å². The number of aliphatic hydroxyl groups excluding tert-OH is 1. The average molecular weight is 245 g/mol. The molecule has 2 heterocycles. The maximum Gasteiger partial charge on any atom is 0.154 e. The van der Waals surface area contributed by atoms with Crippen LogP contribution in [0.25, 0.3) is 0 Å². The molecule has 6 heteroatoms. The molecule has 0 saturated carbocycles. The molecule has 1 aromatic rings. The molecule has 90 valence electrons. The summed E-state index contributed by atoms with van der Waals surface area (Å²) >= 11 is 0. The highest BCUT2D eigenvalue weighted by Gasteiger charge is 2.38. The Morgan fingerprint density at radius 3 is 2.81 bits per heavy atom. The maximum absolute atomic E-state index is 11.4. The Hall–Kier alpha value is -0.850. The SMILES string of the molecule is CN(Cc1ccoc1)C1CS(=O)(=O)CC1O. The Kier molecular flexibility index (Phi) is 3.05. The first-order valence-electron chi connectivity index (χ1n) is 5.08. The first kappa shape index (κ1) is 11.6. The highest BCUT2D eigenvalue weighted by atomic mass is 32.2. The fraction of sp³-hybridized carbons (Fsp3) is 0.600. The van der Waals surface area contributed by atoms with Crippen molar-refractivity contribution in [2.75, 3.05) is 18.6 Å². The highest BCUT2D eigenvalue weighted by molar-refractivity contribution is 7.91. The maximum atomic E-state index is 11.4. The zero-order valence-corrected chi connectivity index (χ0v) is 9.85. The van der Waals surface area contributed by atoms with Gasteiger partial charge >= 0.3 is 0 Å². The largest absolute Gasteiger partial charge is 0.472 e. The van der Waals surface area contributed by atoms with Crippen LogP contribution in [0.5, 0.6) is 0 Å². The van der Waals surface area contributed by atoms with Crippen molar-refractivity contribution in [1.29, 1.82) is 0 Å². The van der Waals surface area contributed by atoms with Gasteiger partial charge in [-0.15, -0.1) is 0 Å². The smallest absolute Gasteiger partial charge is 0.154 e. The first-order chi connectivity index (χ1) is 7.48. The molecule has 1 saturated heterocycles. The van der Waals surface area contributed by atoms with Gasteiger partial charge in [-0.2, -0.15) is 0 Å². The normalized spacial score (nSPS) is 28.7. The molecule has 1 aromatic heterocycles. The van der Waals surface area contributed by atoms with Gasteiger partial charge in [0.1, 0.15) is 0 Å². The van der Waals surface area contributed by atoms with Crippen molar-refractivity contribution in [1.82, 2.24) is 4.90 Å². The zero-order chi connectivity index (χ0) is 11.8. The van der Waals surface area contributed by atoms with E-state index in [0.717, 1.165) is 5.56 Å². The number of furan rings is 1. The third-order valence-corrected chi connectivity index (χ3v) is 4.57. The fourth-order valence-corrected chi connectivity index (χ4v) is 3.89. The summed E-state index contributed by atoms with van der Waals surface area (Å²) in [6.45, 7) is 0.577. The molecule has 5 nitrogen and oxygen atoms in total. The Morgan fingerprint density at radius 1 is 1.56 bits per heavy atom. The van der Waals surface area contributed by atoms with E-state index in [1.807, 2.05) is 18.0 Å². The molecular weight excluding hydrogens is 230 g/mol. The molecule has 0 aliphatic carbocycles. The fourth-order valence-electron chi connectivity index (χ4n) is 2.02. The predicted molar refractivity (Wildman–Crippen MR) is 58.6 cm³/mol. The van der Waals surface area contributed by atoms with Crippen LogP contribution in [0, 0.1) is 0 Å². The lowest BCUT2D eigenvalue weighted by atomic mass is 10.2. The highest BCUT2D eigenvalue weighted by Crippen LogP contribution is 2.19. The van der Waals surface area contributed by atoms with Crippen LogP contribution in [-0.2, 0) is 16.4 Å². The summed E-state index contributed by atoms with van der Waals surface area (Å²) in [7, 11) is -1.28. The molecule has 0 amide bonds. The Labute approximate surface area is 94.6 Å². The molecule has 2 unspecified atom stereocenters. The van der Waals surface area contributed by atoms with Gasteiger partial charge in [0, 0.05) is 12.1 Å². The second-order valence-electron chi connectivity index (χ2n) is 4.26. The summed E-state index contributed by atoms with van der Waals surface area (Å²) in [6.07, 6.45) is 2.40. The molecule has 1 aliphatic heterocycles. The molecule has 0 spiro atoms. The summed E-state index contributed by atoms with van der Waals surface area (Å²) in [5.74, 6) is -0.101. The monoisotopic (exact) mass is 245 g/mol. The van der Waals surface area contributed by atoms with Gasteiger partial charge in [-0.05, 0) is 13.1 Å². The number of rotatable bonds is 3. The topological polar surface area (TPSA) is 70.8 Å². The molecule has 0 aromatic carbocycles. The minimum absolute atomic E-state index is 0.0303. The predicted octanol–water partition coefficient (Wildman–Crippen LogP) is -0.131. The van der Waals surface area contributed by atoms with Gasteiger partial charge in [0.15, 0.2) is 9.84 Å². The lowest BCUT2D eigenvalue weighted by molar-refractivity contribution is 0.0957. The Bertz CT molecular complexity index is 439. The average Bonchev–Trinajstić information content (AvgIpc) is 2.73. The number of sulfone groups is 1. The summed E-state index contributed by atoms with van der Waals surface area (Å²) in [6, 6.07) is 1.51. The quantitative estimate of drug-likeness (QED) is 0.803. The minimum Gasteiger partial charge on any atom is -0.472 e. The lowest BCUT2D eigenvalue weighted by Gasteiger charge is -2.25. The van der Waals surface area contributed by atoms with Crippen LogP contribution in [0.3, 0.4) is 0 Å². The second-order valence-corrected chi connectivity index (χ2v) is 6.41. The van der Waals surface area contributed by atoms with Crippen molar-refractivity contribution in [3.05, 3.63) is 24.2 Å². The van der Waals surface area contributed by atoms with Crippen LogP contribution in [0.1, 0.15) is 5.56 Å². The molecule has 1 fully saturated rings. The van der Waals surface area contributed by atoms with E-state index in [0.29, 0.717) is 6.54 Å². The molecular formula is C10H15NO4S. The van der Waals surface area contributed by atoms with E-state index >= 15 is 0 Å². The van der Waals surface area contributed by atoms with Gasteiger partial charge in [0.2, 0.25) is 0 Å². The van der Waals surface area contributed by atoms with Gasteiger partial charge in [-0.3, -0.25) is 4.90 Å². The number of nitrogens with zero attached hydrogens (tertiary/aromatic N) is 1. The molecule has 2 rings (SSSR count). The molecule has 1 aliphatic rings. The van der Waals surface area contributed by atoms with E-state index in [2.05, 4.69) is 0 Å². The molecule has 16 heavy (non-hydrogen) atoms. The van der Waals surface area contributed by atoms with E-state index in [1.165, 1.54) is 0 Å². The van der Waals surface area contributed by atoms with E-state index in [9.17, 15) is 13.5 Å². The van der Waals surface area contributed by atoms with Crippen LogP contribution in [0.4, 0.5) is 0 Å². The summed E-state index contributed by atoms with van der Waals surface area (Å²) in [4.78, 5) is 1.85. The standard InChI is InChI=1S/C10H15NO4S/c1-11(4-8-2-3-15-5-8)9-6-16(13,14)7-10(9)12/h2-3,5,9-10,12H,4,6-7H2,1H3. The Balaban J connectivity index is 2.03. The van der Waals surface area contributed by atoms with Crippen molar-refractivity contribution in [2.45, 2.75) is 18.7 Å². The van der Waals surface area contributed by atoms with Crippen molar-refractivity contribution >= 4 is 9.84 Å². The van der Waals surface area contributed by atoms with Crippen LogP contribution in [-0.4, -0.2) is 49.1 Å². The molecule has 0 radical (unpaired) electrons. The lowest BCUT2D eigenvalue weighted by Crippen LogP contribution is -2.39. The van der Waals surface area contributed by atoms with Crippen molar-refractivity contribution < 1.29 is 17.9 Å². The second kappa shape index (κ2) is 4.20. The summed E-state index contributed by atoms with van der Waals surface area (Å²) in [5.41, 5.74) is 0.971. The van der Waals surface area contributed by atoms with Crippen molar-refractivity contribution in [2.24, 2.45) is 0 Å². The number of hydrogen-bond donors (Lipinski definition) is 1. The number of aliphatic hydroxyl groups is 1. The molecule has 1 N–H and O–H groups in total. The summed E-state index contributed by atoms with van der Waals surface area (Å²) < 4.78 is 27.6. The number of hydrogen-bond acceptors (Lipinski definition) is 5. The van der Waals surface area contributed by atoms with Crippen LogP contribution in [0.2, 0.25) is 0 Å². The zero-order valence-electron chi connectivity index (χ0n) is 9.04. The van der Waals surface area contributed by atoms with E-state index in [4.69, 9.17) is 4.42 Å². The van der Waals surface area contributed by atoms with E-state index in [-0.39, 0.29) is 17.5 Å². The van der Waals surface area contributed by atoms with E-state index in [1.54, 1.807) is 12.5 Å². The van der Waals surface area contributed by atoms with Gasteiger partial charge in [0.25, 0.3) is 0 Å². The van der Waals surface area contributed by atoms with Gasteiger partial charge in [0.05, 0.1) is 36.2 Å². The van der Waals surface area contributed by atoms with Gasteiger partial charge in [-0.25, -0.2) is 8.42 Å². The minimum atomic E-state index is -3.08. The third kappa shape index (κ3) is 2.45. The Morgan fingerprint density at radius 2 is 2.31 bits per heavy atom. The third-order valence-electron chi connectivity index (χ3n) is 2.87. The summed E-state index contributed by atoms with van der Waals surface area (Å²) in [5, 5.41) is 9.68. The molecule has 0 bridgehead atoms. The van der Waals surface area contributed by atoms with Gasteiger partial charge < -0.3 is 9.52 Å². The van der Waals surface area contributed by atoms with Crippen LogP contribution in [0.15, 0.2) is 23.0 Å².